The van der Waals surface area contributed by atoms with Crippen LogP contribution in [0.5, 0.6) is 0 Å². The molecule has 1 aromatic heterocycles. The summed E-state index contributed by atoms with van der Waals surface area (Å²) in [6.45, 7) is 5.89. The summed E-state index contributed by atoms with van der Waals surface area (Å²) in [4.78, 5) is 27.6. The molecule has 0 unspecified atom stereocenters. The Morgan fingerprint density at radius 2 is 1.74 bits per heavy atom. The second-order valence-electron chi connectivity index (χ2n) is 8.77. The predicted octanol–water partition coefficient (Wildman–Crippen LogP) is 4.93. The number of thiophene rings is 1. The summed E-state index contributed by atoms with van der Waals surface area (Å²) in [5.74, 6) is 4.15. The number of anilines is 1. The van der Waals surface area contributed by atoms with Gasteiger partial charge in [0.05, 0.1) is 16.7 Å². The van der Waals surface area contributed by atoms with Crippen molar-refractivity contribution in [2.75, 3.05) is 4.90 Å². The molecule has 2 N–H and O–H groups in total. The summed E-state index contributed by atoms with van der Waals surface area (Å²) < 4.78 is 13.4. The zero-order valence-corrected chi connectivity index (χ0v) is 18.6. The molecule has 0 radical (unpaired) electrons. The lowest BCUT2D eigenvalue weighted by atomic mass is 9.91. The van der Waals surface area contributed by atoms with Crippen LogP contribution in [0.15, 0.2) is 30.3 Å². The number of carbonyl (C=O) groups is 2. The fourth-order valence-corrected chi connectivity index (χ4v) is 4.39. The van der Waals surface area contributed by atoms with Crippen molar-refractivity contribution in [2.24, 2.45) is 5.41 Å². The third-order valence-electron chi connectivity index (χ3n) is 5.07. The van der Waals surface area contributed by atoms with Gasteiger partial charge in [-0.05, 0) is 76.8 Å². The molecule has 31 heavy (non-hydrogen) atoms. The lowest BCUT2D eigenvalue weighted by Gasteiger charge is -2.35. The minimum absolute atomic E-state index is 0.0415. The number of aromatic carboxylic acids is 1. The molecule has 164 valence electrons. The van der Waals surface area contributed by atoms with Gasteiger partial charge in [0.1, 0.15) is 10.7 Å². The van der Waals surface area contributed by atoms with Crippen molar-refractivity contribution in [3.63, 3.8) is 0 Å². The van der Waals surface area contributed by atoms with E-state index in [1.54, 1.807) is 6.07 Å². The molecule has 1 aromatic carbocycles. The Morgan fingerprint density at radius 3 is 2.29 bits per heavy atom. The van der Waals surface area contributed by atoms with Gasteiger partial charge in [0, 0.05) is 17.0 Å². The number of hydrogen-bond donors (Lipinski definition) is 2. The van der Waals surface area contributed by atoms with Crippen LogP contribution in [-0.2, 0) is 0 Å². The van der Waals surface area contributed by atoms with Crippen LogP contribution >= 0.6 is 11.3 Å². The number of halogens is 1. The number of nitrogens with zero attached hydrogens (tertiary/aromatic N) is 1. The number of carbonyl (C=O) groups excluding carboxylic acids is 1. The summed E-state index contributed by atoms with van der Waals surface area (Å²) in [7, 11) is 0. The van der Waals surface area contributed by atoms with Crippen molar-refractivity contribution in [3.8, 4) is 11.8 Å². The van der Waals surface area contributed by atoms with Gasteiger partial charge < -0.3 is 15.1 Å². The van der Waals surface area contributed by atoms with E-state index in [0.29, 0.717) is 36.2 Å². The van der Waals surface area contributed by atoms with Gasteiger partial charge in [0.2, 0.25) is 0 Å². The quantitative estimate of drug-likeness (QED) is 0.657. The van der Waals surface area contributed by atoms with Crippen LogP contribution in [0, 0.1) is 23.1 Å². The number of benzene rings is 1. The van der Waals surface area contributed by atoms with E-state index in [1.165, 1.54) is 29.2 Å². The highest BCUT2D eigenvalue weighted by molar-refractivity contribution is 7.15. The average molecular weight is 444 g/mol. The maximum Gasteiger partial charge on any atom is 0.348 e. The molecule has 1 saturated carbocycles. The maximum absolute atomic E-state index is 13.5. The molecule has 1 heterocycles. The van der Waals surface area contributed by atoms with Crippen molar-refractivity contribution in [1.29, 1.82) is 0 Å². The highest BCUT2D eigenvalue weighted by Crippen LogP contribution is 2.36. The van der Waals surface area contributed by atoms with Crippen molar-refractivity contribution in [3.05, 3.63) is 51.5 Å². The van der Waals surface area contributed by atoms with Gasteiger partial charge >= 0.3 is 5.97 Å². The van der Waals surface area contributed by atoms with E-state index in [-0.39, 0.29) is 21.9 Å². The second-order valence-corrected chi connectivity index (χ2v) is 9.83. The normalized spacial score (nSPS) is 18.7. The fourth-order valence-electron chi connectivity index (χ4n) is 3.54. The van der Waals surface area contributed by atoms with E-state index in [1.807, 2.05) is 20.8 Å². The number of hydrogen-bond acceptors (Lipinski definition) is 4. The van der Waals surface area contributed by atoms with Crippen LogP contribution in [0.3, 0.4) is 0 Å². The first-order valence-corrected chi connectivity index (χ1v) is 11.0. The first kappa shape index (κ1) is 23.0. The van der Waals surface area contributed by atoms with Crippen molar-refractivity contribution < 1.29 is 24.2 Å². The van der Waals surface area contributed by atoms with Crippen LogP contribution < -0.4 is 4.90 Å². The van der Waals surface area contributed by atoms with Gasteiger partial charge in [-0.15, -0.1) is 11.3 Å². The minimum Gasteiger partial charge on any atom is -0.477 e. The van der Waals surface area contributed by atoms with Crippen molar-refractivity contribution in [1.82, 2.24) is 0 Å². The molecule has 0 spiro atoms. The predicted molar refractivity (Wildman–Crippen MR) is 119 cm³/mol. The molecule has 1 amide bonds. The van der Waals surface area contributed by atoms with Crippen LogP contribution in [0.1, 0.15) is 71.4 Å². The Bertz CT molecular complexity index is 1020. The van der Waals surface area contributed by atoms with Crippen LogP contribution in [-0.4, -0.2) is 34.2 Å². The van der Waals surface area contributed by atoms with Crippen molar-refractivity contribution >= 4 is 28.9 Å². The van der Waals surface area contributed by atoms with Crippen molar-refractivity contribution in [2.45, 2.75) is 58.6 Å². The number of aliphatic hydroxyl groups excluding tert-OH is 1. The molecule has 0 saturated heterocycles. The average Bonchev–Trinajstić information content (AvgIpc) is 3.12. The zero-order valence-electron chi connectivity index (χ0n) is 17.8. The van der Waals surface area contributed by atoms with E-state index in [4.69, 9.17) is 0 Å². The molecule has 7 heteroatoms. The SMILES string of the molecule is CC(C)(C)C#Cc1cc(N(C(=O)c2ccc(F)cc2)C2CCC(O)CC2)c(C(=O)O)s1. The largest absolute Gasteiger partial charge is 0.477 e. The van der Waals surface area contributed by atoms with E-state index < -0.39 is 23.8 Å². The summed E-state index contributed by atoms with van der Waals surface area (Å²) in [6.07, 6.45) is 1.73. The summed E-state index contributed by atoms with van der Waals surface area (Å²) >= 11 is 1.04. The van der Waals surface area contributed by atoms with E-state index >= 15 is 0 Å². The number of amides is 1. The third kappa shape index (κ3) is 5.72. The number of carboxylic acids is 1. The number of aliphatic hydroxyl groups is 1. The van der Waals surface area contributed by atoms with Gasteiger partial charge in [0.25, 0.3) is 5.91 Å². The lowest BCUT2D eigenvalue weighted by Crippen LogP contribution is -2.43. The summed E-state index contributed by atoms with van der Waals surface area (Å²) in [5, 5.41) is 19.7. The molecular formula is C24H26FNO4S. The Morgan fingerprint density at radius 1 is 1.13 bits per heavy atom. The minimum atomic E-state index is -1.13. The first-order chi connectivity index (χ1) is 14.5. The Hall–Kier alpha value is -2.69. The molecule has 0 bridgehead atoms. The van der Waals surface area contributed by atoms with E-state index in [0.717, 1.165) is 11.3 Å². The molecule has 5 nitrogen and oxygen atoms in total. The molecular weight excluding hydrogens is 417 g/mol. The second kappa shape index (κ2) is 9.21. The van der Waals surface area contributed by atoms with Gasteiger partial charge in [-0.3, -0.25) is 4.79 Å². The zero-order chi connectivity index (χ0) is 22.8. The Kier molecular flexibility index (Phi) is 6.83. The van der Waals surface area contributed by atoms with E-state index in [2.05, 4.69) is 11.8 Å². The Balaban J connectivity index is 2.08. The summed E-state index contributed by atoms with van der Waals surface area (Å²) in [5.41, 5.74) is 0.320. The first-order valence-electron chi connectivity index (χ1n) is 10.2. The molecule has 1 aliphatic rings. The highest BCUT2D eigenvalue weighted by Gasteiger charge is 2.33. The lowest BCUT2D eigenvalue weighted by molar-refractivity contribution is 0.0702. The fraction of sp³-hybridized carbons (Fsp3) is 0.417. The van der Waals surface area contributed by atoms with E-state index in [9.17, 15) is 24.2 Å². The molecule has 1 fully saturated rings. The van der Waals surface area contributed by atoms with Gasteiger partial charge in [-0.25, -0.2) is 9.18 Å². The Labute approximate surface area is 185 Å². The molecule has 0 atom stereocenters. The highest BCUT2D eigenvalue weighted by atomic mass is 32.1. The number of carboxylic acid groups (broad SMARTS) is 1. The maximum atomic E-state index is 13.5. The molecule has 2 aromatic rings. The third-order valence-corrected chi connectivity index (χ3v) is 6.10. The van der Waals surface area contributed by atoms with Gasteiger partial charge in [-0.2, -0.15) is 0 Å². The molecule has 3 rings (SSSR count). The smallest absolute Gasteiger partial charge is 0.348 e. The summed E-state index contributed by atoms with van der Waals surface area (Å²) in [6, 6.07) is 6.60. The van der Waals surface area contributed by atoms with Crippen LogP contribution in [0.2, 0.25) is 0 Å². The van der Waals surface area contributed by atoms with Crippen LogP contribution in [0.4, 0.5) is 10.1 Å². The number of rotatable bonds is 4. The topological polar surface area (TPSA) is 77.8 Å². The molecule has 1 aliphatic carbocycles. The van der Waals surface area contributed by atoms with Gasteiger partial charge in [0.15, 0.2) is 0 Å². The van der Waals surface area contributed by atoms with Gasteiger partial charge in [-0.1, -0.05) is 11.8 Å². The van der Waals surface area contributed by atoms with Crippen LogP contribution in [0.25, 0.3) is 0 Å². The molecule has 0 aliphatic heterocycles. The standard InChI is InChI=1S/C24H26FNO4S/c1-24(2,3)13-12-19-14-20(21(31-19)23(29)30)26(17-8-10-18(27)11-9-17)22(28)15-4-6-16(25)7-5-15/h4-7,14,17-18,27H,8-11H2,1-3H3,(H,29,30). The monoisotopic (exact) mass is 443 g/mol.